The van der Waals surface area contributed by atoms with Gasteiger partial charge in [-0.05, 0) is 12.8 Å². The van der Waals surface area contributed by atoms with Crippen LogP contribution in [0.25, 0.3) is 0 Å². The minimum absolute atomic E-state index is 0.0424. The van der Waals surface area contributed by atoms with Crippen molar-refractivity contribution in [2.24, 2.45) is 5.16 Å². The fourth-order valence-electron chi connectivity index (χ4n) is 3.39. The number of hydrogen-bond acceptors (Lipinski definition) is 12. The van der Waals surface area contributed by atoms with Crippen molar-refractivity contribution >= 4 is 63.3 Å². The first kappa shape index (κ1) is 21.9. The van der Waals surface area contributed by atoms with Gasteiger partial charge in [0.2, 0.25) is 0 Å². The summed E-state index contributed by atoms with van der Waals surface area (Å²) in [5, 5.41) is 24.7. The lowest BCUT2D eigenvalue weighted by Crippen LogP contribution is -2.72. The number of nitrogens with zero attached hydrogens (tertiary/aromatic N) is 6. The Bertz CT molecular complexity index is 1170. The molecule has 0 radical (unpaired) electrons. The molecular formula is C16H13ClN8O5S2. The van der Waals surface area contributed by atoms with Crippen LogP contribution in [0, 0.1) is 0 Å². The molecule has 0 unspecified atom stereocenters. The second-order valence-corrected chi connectivity index (χ2v) is 9.18. The molecule has 16 heteroatoms. The quantitative estimate of drug-likeness (QED) is 0.186. The third kappa shape index (κ3) is 3.85. The summed E-state index contributed by atoms with van der Waals surface area (Å²) in [7, 11) is 0. The van der Waals surface area contributed by atoms with Crippen LogP contribution >= 0.6 is 34.7 Å². The van der Waals surface area contributed by atoms with Gasteiger partial charge in [-0.15, -0.1) is 0 Å². The van der Waals surface area contributed by atoms with Crippen LogP contribution in [0.1, 0.15) is 18.5 Å². The number of carboxylic acids is 1. The molecule has 0 aromatic carbocycles. The molecule has 0 spiro atoms. The number of allylic oxidation sites excluding steroid dienone is 1. The molecule has 1 fully saturated rings. The van der Waals surface area contributed by atoms with Gasteiger partial charge in [-0.1, -0.05) is 39.9 Å². The van der Waals surface area contributed by atoms with Crippen LogP contribution in [0.15, 0.2) is 33.6 Å². The third-order valence-corrected chi connectivity index (χ3v) is 6.83. The van der Waals surface area contributed by atoms with Crippen molar-refractivity contribution in [3.63, 3.8) is 0 Å². The van der Waals surface area contributed by atoms with Gasteiger partial charge in [-0.2, -0.15) is 0 Å². The van der Waals surface area contributed by atoms with Gasteiger partial charge in [0.05, 0.1) is 6.04 Å². The Balaban J connectivity index is 1.53. The van der Waals surface area contributed by atoms with Gasteiger partial charge in [0.25, 0.3) is 11.8 Å². The Labute approximate surface area is 192 Å². The monoisotopic (exact) mass is 496 g/mol. The first-order chi connectivity index (χ1) is 15.3. The zero-order chi connectivity index (χ0) is 23.0. The Morgan fingerprint density at radius 1 is 1.38 bits per heavy atom. The number of β-lactam (4-membered cyclic amide) rings is 1. The van der Waals surface area contributed by atoms with Crippen LogP contribution in [0.3, 0.4) is 0 Å². The SMILES string of the molecule is Nc1nc(/C(=N/O)C(=O)N[C@@H]2C(=O)N3C(C(=O)O)=C(Sc4ncncn4)CC[C@H]23)c(Cl)s1. The largest absolute Gasteiger partial charge is 0.477 e. The number of amides is 2. The van der Waals surface area contributed by atoms with E-state index in [1.165, 1.54) is 12.7 Å². The number of rotatable bonds is 6. The van der Waals surface area contributed by atoms with Gasteiger partial charge in [0.1, 0.15) is 34.4 Å². The summed E-state index contributed by atoms with van der Waals surface area (Å²) >= 11 is 7.89. The summed E-state index contributed by atoms with van der Waals surface area (Å²) in [4.78, 5) is 54.3. The topological polar surface area (TPSA) is 197 Å². The zero-order valence-corrected chi connectivity index (χ0v) is 18.2. The molecule has 2 aromatic heterocycles. The van der Waals surface area contributed by atoms with E-state index in [0.717, 1.165) is 28.0 Å². The van der Waals surface area contributed by atoms with Crippen molar-refractivity contribution in [2.45, 2.75) is 30.1 Å². The number of anilines is 1. The molecular weight excluding hydrogens is 484 g/mol. The number of nitrogens with two attached hydrogens (primary N) is 1. The van der Waals surface area contributed by atoms with E-state index in [4.69, 9.17) is 17.3 Å². The van der Waals surface area contributed by atoms with Crippen molar-refractivity contribution in [2.75, 3.05) is 5.73 Å². The van der Waals surface area contributed by atoms with Crippen LogP contribution < -0.4 is 11.1 Å². The molecule has 0 aliphatic carbocycles. The molecule has 0 saturated carbocycles. The number of oxime groups is 1. The van der Waals surface area contributed by atoms with Gasteiger partial charge >= 0.3 is 5.97 Å². The number of carbonyl (C=O) groups excluding carboxylic acids is 2. The third-order valence-electron chi connectivity index (χ3n) is 4.71. The van der Waals surface area contributed by atoms with Gasteiger partial charge < -0.3 is 21.4 Å². The number of hydrogen-bond donors (Lipinski definition) is 4. The molecule has 13 nitrogen and oxygen atoms in total. The van der Waals surface area contributed by atoms with E-state index in [2.05, 4.69) is 30.4 Å². The fourth-order valence-corrected chi connectivity index (χ4v) is 5.24. The van der Waals surface area contributed by atoms with Crippen LogP contribution in [-0.4, -0.2) is 70.7 Å². The molecule has 4 heterocycles. The molecule has 4 rings (SSSR count). The number of thioether (sulfide) groups is 1. The van der Waals surface area contributed by atoms with E-state index in [-0.39, 0.29) is 20.9 Å². The number of aliphatic carboxylic acids is 1. The molecule has 166 valence electrons. The summed E-state index contributed by atoms with van der Waals surface area (Å²) in [6.07, 6.45) is 3.28. The number of carboxylic acid groups (broad SMARTS) is 1. The van der Waals surface area contributed by atoms with Crippen molar-refractivity contribution in [1.29, 1.82) is 0 Å². The zero-order valence-electron chi connectivity index (χ0n) is 15.8. The number of halogens is 1. The second-order valence-electron chi connectivity index (χ2n) is 6.49. The van der Waals surface area contributed by atoms with Crippen molar-refractivity contribution < 1.29 is 24.7 Å². The molecule has 2 aromatic rings. The highest BCUT2D eigenvalue weighted by atomic mass is 35.5. The van der Waals surface area contributed by atoms with Gasteiger partial charge in [0, 0.05) is 4.91 Å². The number of nitrogens with one attached hydrogen (secondary N) is 1. The average Bonchev–Trinajstić information content (AvgIpc) is 3.10. The Kier molecular flexibility index (Phi) is 5.94. The van der Waals surface area contributed by atoms with Gasteiger partial charge in [-0.3, -0.25) is 14.5 Å². The molecule has 2 aliphatic heterocycles. The maximum atomic E-state index is 12.8. The van der Waals surface area contributed by atoms with Gasteiger partial charge in [0.15, 0.2) is 16.0 Å². The van der Waals surface area contributed by atoms with E-state index in [0.29, 0.717) is 22.9 Å². The van der Waals surface area contributed by atoms with Crippen molar-refractivity contribution in [3.8, 4) is 0 Å². The second kappa shape index (κ2) is 8.68. The molecule has 2 aliphatic rings. The van der Waals surface area contributed by atoms with Crippen molar-refractivity contribution in [1.82, 2.24) is 30.2 Å². The normalized spacial score (nSPS) is 20.6. The summed E-state index contributed by atoms with van der Waals surface area (Å²) in [6, 6.07) is -1.59. The number of thiazole rings is 1. The minimum Gasteiger partial charge on any atom is -0.477 e. The molecule has 32 heavy (non-hydrogen) atoms. The van der Waals surface area contributed by atoms with Crippen LogP contribution in [0.5, 0.6) is 0 Å². The average molecular weight is 497 g/mol. The van der Waals surface area contributed by atoms with Crippen molar-refractivity contribution in [3.05, 3.63) is 33.3 Å². The Morgan fingerprint density at radius 2 is 2.09 bits per heavy atom. The molecule has 5 N–H and O–H groups in total. The lowest BCUT2D eigenvalue weighted by molar-refractivity contribution is -0.155. The first-order valence-electron chi connectivity index (χ1n) is 8.86. The molecule has 2 amide bonds. The van der Waals surface area contributed by atoms with Gasteiger partial charge in [-0.25, -0.2) is 24.7 Å². The number of aromatic nitrogens is 4. The number of nitrogen functional groups attached to an aromatic ring is 1. The van der Waals surface area contributed by atoms with Crippen LogP contribution in [0.2, 0.25) is 4.34 Å². The highest BCUT2D eigenvalue weighted by Crippen LogP contribution is 2.42. The maximum absolute atomic E-state index is 12.8. The highest BCUT2D eigenvalue weighted by Gasteiger charge is 2.54. The van der Waals surface area contributed by atoms with E-state index in [9.17, 15) is 24.7 Å². The van der Waals surface area contributed by atoms with Crippen LogP contribution in [0.4, 0.5) is 5.13 Å². The first-order valence-corrected chi connectivity index (χ1v) is 10.9. The van der Waals surface area contributed by atoms with E-state index >= 15 is 0 Å². The lowest BCUT2D eigenvalue weighted by Gasteiger charge is -2.49. The summed E-state index contributed by atoms with van der Waals surface area (Å²) in [5.41, 5.74) is 4.73. The predicted octanol–water partition coefficient (Wildman–Crippen LogP) is 0.320. The van der Waals surface area contributed by atoms with E-state index in [1.807, 2.05) is 0 Å². The smallest absolute Gasteiger partial charge is 0.353 e. The fraction of sp³-hybridized carbons (Fsp3) is 0.250. The van der Waals surface area contributed by atoms with E-state index < -0.39 is 35.6 Å². The highest BCUT2D eigenvalue weighted by molar-refractivity contribution is 8.03. The Morgan fingerprint density at radius 3 is 2.69 bits per heavy atom. The standard InChI is InChI=1S/C16H13ClN8O5S2/c17-11-8(23-15(18)32-11)9(24-30)12(26)22-7-5-1-2-6(31-16-20-3-19-4-21-16)10(14(28)29)25(5)13(7)27/h3-5,7,30H,1-2H2,(H2,18,23)(H,22,26)(H,28,29)/b24-9-/t5-,7+/m1/s1. The predicted molar refractivity (Wildman–Crippen MR) is 112 cm³/mol. The van der Waals surface area contributed by atoms with E-state index in [1.54, 1.807) is 0 Å². The van der Waals surface area contributed by atoms with Crippen LogP contribution in [-0.2, 0) is 14.4 Å². The molecule has 1 saturated heterocycles. The molecule has 2 atom stereocenters. The number of fused-ring (bicyclic) bond motifs is 1. The lowest BCUT2D eigenvalue weighted by atomic mass is 9.86. The maximum Gasteiger partial charge on any atom is 0.353 e. The Hall–Kier alpha value is -3.30. The molecule has 0 bridgehead atoms. The minimum atomic E-state index is -1.29. The number of carbonyl (C=O) groups is 3. The summed E-state index contributed by atoms with van der Waals surface area (Å²) < 4.78 is 0.0424. The summed E-state index contributed by atoms with van der Waals surface area (Å²) in [5.74, 6) is -2.80. The summed E-state index contributed by atoms with van der Waals surface area (Å²) in [6.45, 7) is 0.